The van der Waals surface area contributed by atoms with Gasteiger partial charge in [0.25, 0.3) is 0 Å². The first-order valence-electron chi connectivity index (χ1n) is 6.14. The second-order valence-corrected chi connectivity index (χ2v) is 6.89. The summed E-state index contributed by atoms with van der Waals surface area (Å²) in [4.78, 5) is 15.4. The van der Waals surface area contributed by atoms with Gasteiger partial charge in [-0.15, -0.1) is 0 Å². The Kier molecular flexibility index (Phi) is 3.91. The zero-order chi connectivity index (χ0) is 14.0. The van der Waals surface area contributed by atoms with Crippen LogP contribution in [-0.4, -0.2) is 59.1 Å². The lowest BCUT2D eigenvalue weighted by Gasteiger charge is -2.34. The highest BCUT2D eigenvalue weighted by Crippen LogP contribution is 2.23. The average Bonchev–Trinajstić information content (AvgIpc) is 2.38. The van der Waals surface area contributed by atoms with E-state index in [9.17, 15) is 13.2 Å². The molecule has 6 heteroatoms. The summed E-state index contributed by atoms with van der Waals surface area (Å²) >= 11 is 0. The summed E-state index contributed by atoms with van der Waals surface area (Å²) in [6.07, 6.45) is 1.72. The minimum absolute atomic E-state index is 0.110. The molecule has 0 aliphatic carbocycles. The van der Waals surface area contributed by atoms with Gasteiger partial charge in [-0.25, -0.2) is 8.42 Å². The normalized spacial score (nSPS) is 17.5. The van der Waals surface area contributed by atoms with Crippen molar-refractivity contribution in [3.63, 3.8) is 0 Å². The number of likely N-dealkylation sites (N-methyl/N-ethyl adjacent to an activating group) is 1. The van der Waals surface area contributed by atoms with Crippen LogP contribution in [0, 0.1) is 0 Å². The molecule has 19 heavy (non-hydrogen) atoms. The first-order valence-corrected chi connectivity index (χ1v) is 8.04. The quantitative estimate of drug-likeness (QED) is 0.762. The van der Waals surface area contributed by atoms with Gasteiger partial charge < -0.3 is 9.80 Å². The van der Waals surface area contributed by atoms with Crippen LogP contribution in [0.15, 0.2) is 23.1 Å². The van der Waals surface area contributed by atoms with Gasteiger partial charge in [0.2, 0.25) is 0 Å². The summed E-state index contributed by atoms with van der Waals surface area (Å²) in [5, 5.41) is 0. The number of hydrogen-bond donors (Lipinski definition) is 0. The van der Waals surface area contributed by atoms with Gasteiger partial charge in [0.05, 0.1) is 4.90 Å². The van der Waals surface area contributed by atoms with Crippen molar-refractivity contribution in [3.05, 3.63) is 23.8 Å². The molecule has 1 aromatic carbocycles. The van der Waals surface area contributed by atoms with Crippen molar-refractivity contribution in [2.75, 3.05) is 44.4 Å². The van der Waals surface area contributed by atoms with E-state index in [1.807, 2.05) is 6.07 Å². The maximum atomic E-state index is 11.7. The zero-order valence-corrected chi connectivity index (χ0v) is 12.0. The monoisotopic (exact) mass is 282 g/mol. The van der Waals surface area contributed by atoms with E-state index in [1.165, 1.54) is 0 Å². The Morgan fingerprint density at radius 3 is 2.32 bits per heavy atom. The molecule has 1 aromatic rings. The number of rotatable bonds is 3. The fourth-order valence-corrected chi connectivity index (χ4v) is 3.08. The molecule has 1 fully saturated rings. The predicted molar refractivity (Wildman–Crippen MR) is 74.6 cm³/mol. The number of benzene rings is 1. The van der Waals surface area contributed by atoms with Crippen LogP contribution in [0.1, 0.15) is 10.4 Å². The Balaban J connectivity index is 2.36. The second-order valence-electron chi connectivity index (χ2n) is 4.90. The van der Waals surface area contributed by atoms with Gasteiger partial charge in [-0.3, -0.25) is 4.79 Å². The fraction of sp³-hybridized carbons (Fsp3) is 0.462. The number of hydrogen-bond acceptors (Lipinski definition) is 5. The molecule has 1 aliphatic rings. The number of sulfone groups is 1. The first-order chi connectivity index (χ1) is 8.91. The Hall–Kier alpha value is -1.40. The highest BCUT2D eigenvalue weighted by Gasteiger charge is 2.18. The molecule has 0 aromatic heterocycles. The summed E-state index contributed by atoms with van der Waals surface area (Å²) in [5.41, 5.74) is 1.08. The molecule has 104 valence electrons. The molecule has 0 unspecified atom stereocenters. The van der Waals surface area contributed by atoms with Gasteiger partial charge in [-0.2, -0.15) is 0 Å². The van der Waals surface area contributed by atoms with Crippen LogP contribution in [0.4, 0.5) is 5.69 Å². The molecule has 0 atom stereocenters. The minimum Gasteiger partial charge on any atom is -0.369 e. The lowest BCUT2D eigenvalue weighted by molar-refractivity contribution is 0.112. The maximum Gasteiger partial charge on any atom is 0.176 e. The molecule has 0 N–H and O–H groups in total. The van der Waals surface area contributed by atoms with Crippen LogP contribution in [0.25, 0.3) is 0 Å². The van der Waals surface area contributed by atoms with E-state index in [1.54, 1.807) is 12.1 Å². The summed E-state index contributed by atoms with van der Waals surface area (Å²) in [6, 6.07) is 4.99. The molecule has 2 rings (SSSR count). The van der Waals surface area contributed by atoms with Crippen LogP contribution in [0.5, 0.6) is 0 Å². The SMILES string of the molecule is CN1CCN(c2ccc(C=O)c(S(C)(=O)=O)c2)CC1. The van der Waals surface area contributed by atoms with E-state index >= 15 is 0 Å². The van der Waals surface area contributed by atoms with Crippen LogP contribution in [-0.2, 0) is 9.84 Å². The predicted octanol–water partition coefficient (Wildman–Crippen LogP) is 0.654. The van der Waals surface area contributed by atoms with Crippen molar-refractivity contribution in [1.29, 1.82) is 0 Å². The van der Waals surface area contributed by atoms with Crippen LogP contribution >= 0.6 is 0 Å². The summed E-state index contributed by atoms with van der Waals surface area (Å²) in [5.74, 6) is 0. The highest BCUT2D eigenvalue weighted by atomic mass is 32.2. The fourth-order valence-electron chi connectivity index (χ4n) is 2.20. The zero-order valence-electron chi connectivity index (χ0n) is 11.2. The van der Waals surface area contributed by atoms with Crippen LogP contribution < -0.4 is 4.90 Å². The number of nitrogens with zero attached hydrogens (tertiary/aromatic N) is 2. The molecular formula is C13H18N2O3S. The van der Waals surface area contributed by atoms with Crippen LogP contribution in [0.3, 0.4) is 0 Å². The number of carbonyl (C=O) groups is 1. The number of piperazine rings is 1. The van der Waals surface area contributed by atoms with Crippen LogP contribution in [0.2, 0.25) is 0 Å². The minimum atomic E-state index is -3.39. The Morgan fingerprint density at radius 2 is 1.79 bits per heavy atom. The summed E-state index contributed by atoms with van der Waals surface area (Å²) in [7, 11) is -1.32. The Labute approximate surface area is 113 Å². The molecule has 1 aliphatic heterocycles. The van der Waals surface area contributed by atoms with E-state index in [4.69, 9.17) is 0 Å². The topological polar surface area (TPSA) is 57.7 Å². The van der Waals surface area contributed by atoms with E-state index in [2.05, 4.69) is 16.8 Å². The van der Waals surface area contributed by atoms with Crippen molar-refractivity contribution in [1.82, 2.24) is 4.90 Å². The number of carbonyl (C=O) groups excluding carboxylic acids is 1. The summed E-state index contributed by atoms with van der Waals surface area (Å²) < 4.78 is 23.4. The van der Waals surface area contributed by atoms with Crippen molar-refractivity contribution in [2.24, 2.45) is 0 Å². The standard InChI is InChI=1S/C13H18N2O3S/c1-14-5-7-15(8-6-14)12-4-3-11(10-16)13(9-12)19(2,17)18/h3-4,9-10H,5-8H2,1-2H3. The Bertz CT molecular complexity index is 576. The lowest BCUT2D eigenvalue weighted by atomic mass is 10.2. The van der Waals surface area contributed by atoms with E-state index in [0.29, 0.717) is 6.29 Å². The lowest BCUT2D eigenvalue weighted by Crippen LogP contribution is -2.44. The molecule has 0 spiro atoms. The average molecular weight is 282 g/mol. The number of anilines is 1. The van der Waals surface area contributed by atoms with Crippen molar-refractivity contribution >= 4 is 21.8 Å². The molecule has 1 saturated heterocycles. The maximum absolute atomic E-state index is 11.7. The van der Waals surface area contributed by atoms with Gasteiger partial charge in [0.1, 0.15) is 0 Å². The molecule has 0 amide bonds. The van der Waals surface area contributed by atoms with Crippen molar-refractivity contribution in [3.8, 4) is 0 Å². The highest BCUT2D eigenvalue weighted by molar-refractivity contribution is 7.90. The molecule has 5 nitrogen and oxygen atoms in total. The number of aldehydes is 1. The second kappa shape index (κ2) is 5.30. The van der Waals surface area contributed by atoms with Crippen molar-refractivity contribution < 1.29 is 13.2 Å². The molecule has 1 heterocycles. The molecule has 0 saturated carbocycles. The van der Waals surface area contributed by atoms with Gasteiger partial charge in [0.15, 0.2) is 16.1 Å². The summed E-state index contributed by atoms with van der Waals surface area (Å²) in [6.45, 7) is 3.62. The first kappa shape index (κ1) is 14.0. The third kappa shape index (κ3) is 3.13. The van der Waals surface area contributed by atoms with E-state index < -0.39 is 9.84 Å². The molecule has 0 radical (unpaired) electrons. The molecular weight excluding hydrogens is 264 g/mol. The smallest absolute Gasteiger partial charge is 0.176 e. The third-order valence-corrected chi connectivity index (χ3v) is 4.54. The van der Waals surface area contributed by atoms with E-state index in [0.717, 1.165) is 38.1 Å². The Morgan fingerprint density at radius 1 is 1.16 bits per heavy atom. The molecule has 0 bridgehead atoms. The van der Waals surface area contributed by atoms with Crippen molar-refractivity contribution in [2.45, 2.75) is 4.90 Å². The van der Waals surface area contributed by atoms with E-state index in [-0.39, 0.29) is 10.5 Å². The van der Waals surface area contributed by atoms with Gasteiger partial charge >= 0.3 is 0 Å². The largest absolute Gasteiger partial charge is 0.369 e. The van der Waals surface area contributed by atoms with Gasteiger partial charge in [0, 0.05) is 43.7 Å². The third-order valence-electron chi connectivity index (χ3n) is 3.39. The van der Waals surface area contributed by atoms with Gasteiger partial charge in [-0.1, -0.05) is 0 Å². The van der Waals surface area contributed by atoms with Gasteiger partial charge in [-0.05, 0) is 25.2 Å².